The van der Waals surface area contributed by atoms with Crippen molar-refractivity contribution in [3.63, 3.8) is 0 Å². The second kappa shape index (κ2) is 7.67. The quantitative estimate of drug-likeness (QED) is 0.538. The highest BCUT2D eigenvalue weighted by atomic mass is 79.9. The van der Waals surface area contributed by atoms with Gasteiger partial charge in [-0.25, -0.2) is 14.8 Å². The van der Waals surface area contributed by atoms with Crippen molar-refractivity contribution in [3.05, 3.63) is 47.3 Å². The van der Waals surface area contributed by atoms with Crippen molar-refractivity contribution in [2.75, 3.05) is 31.1 Å². The average Bonchev–Trinajstić information content (AvgIpc) is 3.10. The summed E-state index contributed by atoms with van der Waals surface area (Å²) in [6, 6.07) is 12.2. The molecular weight excluding hydrogens is 434 g/mol. The van der Waals surface area contributed by atoms with Gasteiger partial charge in [0.2, 0.25) is 0 Å². The first-order valence-corrected chi connectivity index (χ1v) is 10.4. The van der Waals surface area contributed by atoms with Crippen molar-refractivity contribution in [1.82, 2.24) is 19.4 Å². The van der Waals surface area contributed by atoms with Crippen LogP contribution in [0.3, 0.4) is 0 Å². The fourth-order valence-electron chi connectivity index (χ4n) is 3.36. The molecule has 4 rings (SSSR count). The van der Waals surface area contributed by atoms with Gasteiger partial charge in [0.25, 0.3) is 0 Å². The Kier molecular flexibility index (Phi) is 5.21. The van der Waals surface area contributed by atoms with Crippen LogP contribution in [0, 0.1) is 0 Å². The third-order valence-electron chi connectivity index (χ3n) is 4.79. The Morgan fingerprint density at radius 3 is 2.31 bits per heavy atom. The molecule has 3 aromatic rings. The highest BCUT2D eigenvalue weighted by Crippen LogP contribution is 2.23. The Balaban J connectivity index is 1.44. The van der Waals surface area contributed by atoms with E-state index in [-0.39, 0.29) is 6.09 Å². The van der Waals surface area contributed by atoms with Crippen LogP contribution in [0.1, 0.15) is 20.8 Å². The number of benzene rings is 1. The number of rotatable bonds is 2. The van der Waals surface area contributed by atoms with Crippen LogP contribution in [0.15, 0.2) is 47.3 Å². The number of carbonyl (C=O) groups excluding carboxylic acids is 1. The second-order valence-electron chi connectivity index (χ2n) is 8.06. The molecule has 29 heavy (non-hydrogen) atoms. The molecule has 7 nitrogen and oxygen atoms in total. The first-order chi connectivity index (χ1) is 13.8. The summed E-state index contributed by atoms with van der Waals surface area (Å²) in [4.78, 5) is 25.2. The summed E-state index contributed by atoms with van der Waals surface area (Å²) in [7, 11) is 0. The number of ether oxygens (including phenoxy) is 1. The minimum Gasteiger partial charge on any atom is -0.444 e. The fraction of sp³-hybridized carbons (Fsp3) is 0.381. The number of amides is 1. The molecule has 1 fully saturated rings. The van der Waals surface area contributed by atoms with E-state index >= 15 is 0 Å². The predicted octanol–water partition coefficient (Wildman–Crippen LogP) is 4.24. The number of imidazole rings is 1. The van der Waals surface area contributed by atoms with Crippen LogP contribution in [0.4, 0.5) is 10.5 Å². The van der Waals surface area contributed by atoms with Gasteiger partial charge in [0, 0.05) is 37.6 Å². The van der Waals surface area contributed by atoms with Crippen LogP contribution < -0.4 is 4.90 Å². The molecule has 0 atom stereocenters. The number of hydrogen-bond acceptors (Lipinski definition) is 5. The van der Waals surface area contributed by atoms with E-state index in [0.717, 1.165) is 40.2 Å². The van der Waals surface area contributed by atoms with Gasteiger partial charge >= 0.3 is 6.09 Å². The van der Waals surface area contributed by atoms with E-state index in [2.05, 4.69) is 55.1 Å². The summed E-state index contributed by atoms with van der Waals surface area (Å²) >= 11 is 3.42. The molecule has 1 saturated heterocycles. The summed E-state index contributed by atoms with van der Waals surface area (Å²) in [6.45, 7) is 8.53. The van der Waals surface area contributed by atoms with Gasteiger partial charge in [-0.15, -0.1) is 0 Å². The molecule has 152 valence electrons. The number of carbonyl (C=O) groups is 1. The standard InChI is InChI=1S/C21H24BrN5O2/c1-21(2,3)29-20(28)26-12-10-25(11-13-26)15-4-6-16(7-5-15)27-14-23-17-8-9-18(22)24-19(17)27/h4-9,14H,10-13H2,1-3H3. The smallest absolute Gasteiger partial charge is 0.410 e. The molecule has 1 aliphatic rings. The van der Waals surface area contributed by atoms with E-state index < -0.39 is 5.60 Å². The van der Waals surface area contributed by atoms with Crippen molar-refractivity contribution in [2.45, 2.75) is 26.4 Å². The number of piperazine rings is 1. The Hall–Kier alpha value is -2.61. The second-order valence-corrected chi connectivity index (χ2v) is 8.87. The molecule has 0 radical (unpaired) electrons. The third kappa shape index (κ3) is 4.37. The lowest BCUT2D eigenvalue weighted by Gasteiger charge is -2.36. The summed E-state index contributed by atoms with van der Waals surface area (Å²) in [5.41, 5.74) is 3.35. The number of anilines is 1. The summed E-state index contributed by atoms with van der Waals surface area (Å²) < 4.78 is 8.23. The normalized spacial score (nSPS) is 15.0. The van der Waals surface area contributed by atoms with E-state index in [9.17, 15) is 4.79 Å². The topological polar surface area (TPSA) is 63.5 Å². The monoisotopic (exact) mass is 457 g/mol. The molecule has 1 aliphatic heterocycles. The average molecular weight is 458 g/mol. The van der Waals surface area contributed by atoms with Gasteiger partial charge in [0.1, 0.15) is 22.0 Å². The molecule has 1 aromatic carbocycles. The molecule has 1 amide bonds. The predicted molar refractivity (Wildman–Crippen MR) is 117 cm³/mol. The summed E-state index contributed by atoms with van der Waals surface area (Å²) in [5.74, 6) is 0. The maximum absolute atomic E-state index is 12.2. The Morgan fingerprint density at radius 1 is 1.00 bits per heavy atom. The van der Waals surface area contributed by atoms with E-state index in [1.165, 1.54) is 0 Å². The molecule has 0 unspecified atom stereocenters. The molecule has 0 spiro atoms. The summed E-state index contributed by atoms with van der Waals surface area (Å²) in [5, 5.41) is 0. The van der Waals surface area contributed by atoms with Crippen LogP contribution in [0.2, 0.25) is 0 Å². The number of halogens is 1. The third-order valence-corrected chi connectivity index (χ3v) is 5.23. The minimum absolute atomic E-state index is 0.238. The van der Waals surface area contributed by atoms with E-state index in [1.807, 2.05) is 37.5 Å². The molecule has 2 aromatic heterocycles. The van der Waals surface area contributed by atoms with E-state index in [1.54, 1.807) is 11.2 Å². The van der Waals surface area contributed by atoms with Gasteiger partial charge in [-0.1, -0.05) is 0 Å². The fourth-order valence-corrected chi connectivity index (χ4v) is 3.66. The Bertz CT molecular complexity index is 1020. The van der Waals surface area contributed by atoms with Crippen LogP contribution in [-0.2, 0) is 4.74 Å². The number of fused-ring (bicyclic) bond motifs is 1. The molecule has 0 saturated carbocycles. The molecule has 0 N–H and O–H groups in total. The van der Waals surface area contributed by atoms with Crippen molar-refractivity contribution in [1.29, 1.82) is 0 Å². The lowest BCUT2D eigenvalue weighted by Crippen LogP contribution is -2.50. The van der Waals surface area contributed by atoms with Crippen LogP contribution in [-0.4, -0.2) is 57.3 Å². The van der Waals surface area contributed by atoms with Crippen LogP contribution in [0.5, 0.6) is 0 Å². The van der Waals surface area contributed by atoms with Gasteiger partial charge in [-0.3, -0.25) is 4.57 Å². The SMILES string of the molecule is CC(C)(C)OC(=O)N1CCN(c2ccc(-n3cnc4ccc(Br)nc43)cc2)CC1. The lowest BCUT2D eigenvalue weighted by atomic mass is 10.2. The molecular formula is C21H24BrN5O2. The highest BCUT2D eigenvalue weighted by Gasteiger charge is 2.26. The van der Waals surface area contributed by atoms with Crippen molar-refractivity contribution >= 4 is 38.9 Å². The van der Waals surface area contributed by atoms with Gasteiger partial charge in [-0.05, 0) is 73.1 Å². The number of nitrogens with zero attached hydrogens (tertiary/aromatic N) is 5. The van der Waals surface area contributed by atoms with Gasteiger partial charge in [0.05, 0.1) is 0 Å². The molecule has 0 aliphatic carbocycles. The Labute approximate surface area is 178 Å². The number of aromatic nitrogens is 3. The number of hydrogen-bond donors (Lipinski definition) is 0. The van der Waals surface area contributed by atoms with Crippen molar-refractivity contribution < 1.29 is 9.53 Å². The Morgan fingerprint density at radius 2 is 1.66 bits per heavy atom. The van der Waals surface area contributed by atoms with E-state index in [0.29, 0.717) is 13.1 Å². The van der Waals surface area contributed by atoms with Gasteiger partial charge in [-0.2, -0.15) is 0 Å². The summed E-state index contributed by atoms with van der Waals surface area (Å²) in [6.07, 6.45) is 1.55. The molecule has 0 bridgehead atoms. The zero-order valence-corrected chi connectivity index (χ0v) is 18.4. The molecule has 8 heteroatoms. The van der Waals surface area contributed by atoms with Crippen LogP contribution >= 0.6 is 15.9 Å². The molecule has 3 heterocycles. The first kappa shape index (κ1) is 19.7. The minimum atomic E-state index is -0.466. The maximum Gasteiger partial charge on any atom is 0.410 e. The van der Waals surface area contributed by atoms with E-state index in [4.69, 9.17) is 4.74 Å². The lowest BCUT2D eigenvalue weighted by molar-refractivity contribution is 0.0240. The van der Waals surface area contributed by atoms with Crippen LogP contribution in [0.25, 0.3) is 16.9 Å². The largest absolute Gasteiger partial charge is 0.444 e. The van der Waals surface area contributed by atoms with Crippen molar-refractivity contribution in [3.8, 4) is 5.69 Å². The van der Waals surface area contributed by atoms with Gasteiger partial charge < -0.3 is 14.5 Å². The zero-order valence-electron chi connectivity index (χ0n) is 16.8. The highest BCUT2D eigenvalue weighted by molar-refractivity contribution is 9.10. The number of pyridine rings is 1. The maximum atomic E-state index is 12.2. The van der Waals surface area contributed by atoms with Gasteiger partial charge in [0.15, 0.2) is 5.65 Å². The van der Waals surface area contributed by atoms with Crippen molar-refractivity contribution in [2.24, 2.45) is 0 Å². The zero-order chi connectivity index (χ0) is 20.6. The first-order valence-electron chi connectivity index (χ1n) is 9.63.